The third kappa shape index (κ3) is 9.14. The second kappa shape index (κ2) is 16.8. The fourth-order valence-corrected chi connectivity index (χ4v) is 9.38. The number of nitrogens with zero attached hydrogens (tertiary/aromatic N) is 1. The number of allylic oxidation sites excluding steroid dienone is 7. The maximum atomic E-state index is 12.0. The zero-order chi connectivity index (χ0) is 38.8. The van der Waals surface area contributed by atoms with Gasteiger partial charge in [0.15, 0.2) is 0 Å². The summed E-state index contributed by atoms with van der Waals surface area (Å²) in [6.07, 6.45) is 16.7. The summed E-state index contributed by atoms with van der Waals surface area (Å²) in [7, 11) is 0. The van der Waals surface area contributed by atoms with Crippen LogP contribution in [-0.2, 0) is 30.2 Å². The van der Waals surface area contributed by atoms with Gasteiger partial charge in [-0.2, -0.15) is 0 Å². The van der Waals surface area contributed by atoms with E-state index in [1.807, 2.05) is 26.0 Å². The highest BCUT2D eigenvalue weighted by Gasteiger charge is 2.58. The first kappa shape index (κ1) is 41.0. The molecule has 1 aromatic rings. The van der Waals surface area contributed by atoms with Crippen molar-refractivity contribution in [3.8, 4) is 0 Å². The molecule has 0 radical (unpaired) electrons. The Morgan fingerprint density at radius 2 is 1.65 bits per heavy atom. The van der Waals surface area contributed by atoms with Crippen molar-refractivity contribution in [2.75, 3.05) is 0 Å². The van der Waals surface area contributed by atoms with Gasteiger partial charge in [-0.3, -0.25) is 14.3 Å². The molecule has 5 aliphatic heterocycles. The van der Waals surface area contributed by atoms with Gasteiger partial charge in [-0.05, 0) is 98.3 Å². The second-order valence-corrected chi connectivity index (χ2v) is 17.4. The Morgan fingerprint density at radius 1 is 0.944 bits per heavy atom. The van der Waals surface area contributed by atoms with Gasteiger partial charge >= 0.3 is 5.69 Å². The van der Waals surface area contributed by atoms with Gasteiger partial charge in [-0.15, -0.1) is 0 Å². The van der Waals surface area contributed by atoms with Gasteiger partial charge in [0.05, 0.1) is 65.6 Å². The predicted molar refractivity (Wildman–Crippen MR) is 207 cm³/mol. The lowest BCUT2D eigenvalue weighted by molar-refractivity contribution is -0.273. The molecule has 13 atom stereocenters. The monoisotopic (exact) mass is 752 g/mol. The number of hydrogen-bond donors (Lipinski definition) is 3. The normalized spacial score (nSPS) is 41.8. The average molecular weight is 753 g/mol. The summed E-state index contributed by atoms with van der Waals surface area (Å²) >= 11 is 0. The third-order valence-corrected chi connectivity index (χ3v) is 13.1. The Hall–Kier alpha value is -2.64. The molecule has 0 bridgehead atoms. The van der Waals surface area contributed by atoms with Crippen molar-refractivity contribution in [1.82, 2.24) is 9.55 Å². The molecule has 0 amide bonds. The number of H-pyrrole nitrogens is 1. The van der Waals surface area contributed by atoms with Crippen LogP contribution in [-0.4, -0.2) is 91.5 Å². The standard InChI is InChI=1S/C43H64N2O9/c1-8-9-10-11-15-35-41(5,49)20-16-32-33(50-35)17-21-42(6)37(51-32)25-34-39(54-42)30(46)26-43(7)36(52-34)24-29(4)31(53-43)14-12-13-27(2)28(3)18-22-45-23-19-38(47)44-40(45)48/h8-10,13,18-19,23,29-37,39,46,49H,1,11-12,14-17,20-22,24-26H2,2-7H3,(H,44,47,48). The van der Waals surface area contributed by atoms with Crippen LogP contribution in [0.15, 0.2) is 70.0 Å². The Balaban J connectivity index is 1.08. The summed E-state index contributed by atoms with van der Waals surface area (Å²) in [5.41, 5.74) is -0.835. The van der Waals surface area contributed by atoms with E-state index in [2.05, 4.69) is 51.4 Å². The molecule has 5 aliphatic rings. The van der Waals surface area contributed by atoms with Crippen LogP contribution in [0.4, 0.5) is 0 Å². The molecule has 5 saturated heterocycles. The smallest absolute Gasteiger partial charge is 0.328 e. The Labute approximate surface area is 320 Å². The Bertz CT molecular complexity index is 1680. The van der Waals surface area contributed by atoms with Crippen molar-refractivity contribution in [2.24, 2.45) is 5.92 Å². The molecule has 54 heavy (non-hydrogen) atoms. The molecule has 0 aliphatic carbocycles. The molecule has 5 fully saturated rings. The molecule has 0 aromatic carbocycles. The van der Waals surface area contributed by atoms with E-state index in [-0.39, 0.29) is 48.6 Å². The first-order chi connectivity index (χ1) is 25.6. The van der Waals surface area contributed by atoms with Crippen molar-refractivity contribution in [3.05, 3.63) is 81.2 Å². The molecular weight excluding hydrogens is 688 g/mol. The topological polar surface area (TPSA) is 141 Å². The lowest BCUT2D eigenvalue weighted by Gasteiger charge is -2.49. The van der Waals surface area contributed by atoms with E-state index >= 15 is 0 Å². The molecule has 6 heterocycles. The largest absolute Gasteiger partial charge is 0.390 e. The quantitative estimate of drug-likeness (QED) is 0.252. The van der Waals surface area contributed by atoms with Crippen LogP contribution in [0.3, 0.4) is 0 Å². The van der Waals surface area contributed by atoms with Crippen molar-refractivity contribution >= 4 is 0 Å². The third-order valence-electron chi connectivity index (χ3n) is 13.1. The number of fused-ring (bicyclic) bond motifs is 4. The second-order valence-electron chi connectivity index (χ2n) is 17.4. The lowest BCUT2D eigenvalue weighted by atomic mass is 9.79. The molecular formula is C43H64N2O9. The Morgan fingerprint density at radius 3 is 2.41 bits per heavy atom. The highest BCUT2D eigenvalue weighted by molar-refractivity contribution is 5.26. The van der Waals surface area contributed by atoms with Crippen LogP contribution in [0, 0.1) is 5.92 Å². The molecule has 1 aromatic heterocycles. The maximum absolute atomic E-state index is 12.0. The van der Waals surface area contributed by atoms with Gasteiger partial charge in [0.2, 0.25) is 0 Å². The van der Waals surface area contributed by atoms with E-state index in [1.165, 1.54) is 16.8 Å². The van der Waals surface area contributed by atoms with E-state index < -0.39 is 40.3 Å². The van der Waals surface area contributed by atoms with E-state index in [1.54, 1.807) is 6.08 Å². The summed E-state index contributed by atoms with van der Waals surface area (Å²) in [6.45, 7) is 16.5. The number of aromatic nitrogens is 2. The highest BCUT2D eigenvalue weighted by atomic mass is 16.6. The number of aliphatic hydroxyl groups excluding tert-OH is 1. The van der Waals surface area contributed by atoms with Crippen molar-refractivity contribution < 1.29 is 33.9 Å². The fraction of sp³-hybridized carbons (Fsp3) is 0.721. The van der Waals surface area contributed by atoms with Crippen LogP contribution < -0.4 is 11.2 Å². The maximum Gasteiger partial charge on any atom is 0.328 e. The number of ether oxygens (including phenoxy) is 5. The van der Waals surface area contributed by atoms with E-state index in [0.29, 0.717) is 32.2 Å². The SMILES string of the molecule is C=CC=CCCC1OC2CCC3(C)OC4C(O)CC5(C)OC(CCC=C(C)C(C)=CCn6ccc(=O)[nH]c6=O)C(C)CC5OC4CC3OC2CCC1(C)O. The summed E-state index contributed by atoms with van der Waals surface area (Å²) in [4.78, 5) is 25.7. The zero-order valence-corrected chi connectivity index (χ0v) is 33.2. The van der Waals surface area contributed by atoms with Crippen LogP contribution in [0.1, 0.15) is 112 Å². The van der Waals surface area contributed by atoms with E-state index in [0.717, 1.165) is 56.1 Å². The average Bonchev–Trinajstić information content (AvgIpc) is 3.37. The summed E-state index contributed by atoms with van der Waals surface area (Å²) in [5.74, 6) is 0.259. The van der Waals surface area contributed by atoms with Gasteiger partial charge in [0.25, 0.3) is 5.56 Å². The van der Waals surface area contributed by atoms with E-state index in [9.17, 15) is 19.8 Å². The molecule has 11 nitrogen and oxygen atoms in total. The predicted octanol–water partition coefficient (Wildman–Crippen LogP) is 5.83. The highest BCUT2D eigenvalue weighted by Crippen LogP contribution is 2.49. The fourth-order valence-electron chi connectivity index (χ4n) is 9.38. The summed E-state index contributed by atoms with van der Waals surface area (Å²) in [6, 6.07) is 1.35. The number of aliphatic hydroxyl groups is 2. The summed E-state index contributed by atoms with van der Waals surface area (Å²) < 4.78 is 35.8. The van der Waals surface area contributed by atoms with Gasteiger partial charge in [-0.1, -0.05) is 55.0 Å². The van der Waals surface area contributed by atoms with E-state index in [4.69, 9.17) is 23.7 Å². The van der Waals surface area contributed by atoms with Crippen molar-refractivity contribution in [3.63, 3.8) is 0 Å². The van der Waals surface area contributed by atoms with Gasteiger partial charge in [-0.25, -0.2) is 4.79 Å². The minimum Gasteiger partial charge on any atom is -0.390 e. The number of hydrogen-bond acceptors (Lipinski definition) is 9. The first-order valence-corrected chi connectivity index (χ1v) is 20.2. The van der Waals surface area contributed by atoms with Gasteiger partial charge in [0, 0.05) is 31.6 Å². The zero-order valence-electron chi connectivity index (χ0n) is 33.2. The van der Waals surface area contributed by atoms with Crippen molar-refractivity contribution in [2.45, 2.75) is 190 Å². The van der Waals surface area contributed by atoms with Gasteiger partial charge in [0.1, 0.15) is 6.10 Å². The lowest BCUT2D eigenvalue weighted by Crippen LogP contribution is -2.59. The minimum absolute atomic E-state index is 0.00862. The van der Waals surface area contributed by atoms with Crippen LogP contribution >= 0.6 is 0 Å². The molecule has 11 heteroatoms. The van der Waals surface area contributed by atoms with Crippen LogP contribution in [0.25, 0.3) is 0 Å². The Kier molecular flexibility index (Phi) is 12.8. The molecule has 0 spiro atoms. The minimum atomic E-state index is -0.940. The van der Waals surface area contributed by atoms with Gasteiger partial charge < -0.3 is 33.9 Å². The summed E-state index contributed by atoms with van der Waals surface area (Å²) in [5, 5.41) is 23.2. The molecule has 3 N–H and O–H groups in total. The molecule has 0 saturated carbocycles. The van der Waals surface area contributed by atoms with Crippen molar-refractivity contribution in [1.29, 1.82) is 0 Å². The number of rotatable bonds is 10. The first-order valence-electron chi connectivity index (χ1n) is 20.2. The molecule has 6 rings (SSSR count). The van der Waals surface area contributed by atoms with Crippen LogP contribution in [0.5, 0.6) is 0 Å². The van der Waals surface area contributed by atoms with Crippen LogP contribution in [0.2, 0.25) is 0 Å². The number of nitrogens with one attached hydrogen (secondary N) is 1. The molecule has 13 unspecified atom stereocenters. The number of aromatic amines is 1. The molecule has 300 valence electrons.